The summed E-state index contributed by atoms with van der Waals surface area (Å²) in [4.78, 5) is 6.25. The SMILES string of the molecule is FC(F)(F)c1ccnc(NCCCN2CCNCC2)c1. The lowest BCUT2D eigenvalue weighted by molar-refractivity contribution is -0.137. The van der Waals surface area contributed by atoms with E-state index in [-0.39, 0.29) is 5.82 Å². The van der Waals surface area contributed by atoms with Gasteiger partial charge < -0.3 is 15.5 Å². The van der Waals surface area contributed by atoms with Crippen molar-refractivity contribution in [2.45, 2.75) is 12.6 Å². The van der Waals surface area contributed by atoms with E-state index in [2.05, 4.69) is 20.5 Å². The summed E-state index contributed by atoms with van der Waals surface area (Å²) < 4.78 is 37.6. The van der Waals surface area contributed by atoms with Crippen molar-refractivity contribution in [3.05, 3.63) is 23.9 Å². The van der Waals surface area contributed by atoms with Gasteiger partial charge in [-0.05, 0) is 25.1 Å². The molecular formula is C13H19F3N4. The Kier molecular flexibility index (Phi) is 5.19. The average molecular weight is 288 g/mol. The molecule has 0 radical (unpaired) electrons. The Morgan fingerprint density at radius 2 is 2.05 bits per heavy atom. The number of hydrogen-bond donors (Lipinski definition) is 2. The topological polar surface area (TPSA) is 40.2 Å². The Balaban J connectivity index is 1.73. The average Bonchev–Trinajstić information content (AvgIpc) is 2.44. The Morgan fingerprint density at radius 1 is 1.30 bits per heavy atom. The van der Waals surface area contributed by atoms with Gasteiger partial charge in [0.15, 0.2) is 0 Å². The Bertz CT molecular complexity index is 416. The number of aromatic nitrogens is 1. The van der Waals surface area contributed by atoms with Gasteiger partial charge in [-0.1, -0.05) is 0 Å². The first kappa shape index (κ1) is 15.1. The summed E-state index contributed by atoms with van der Waals surface area (Å²) in [5.41, 5.74) is -0.669. The number of pyridine rings is 1. The standard InChI is InChI=1S/C13H19F3N4/c14-13(15,16)11-2-4-19-12(10-11)18-3-1-7-20-8-5-17-6-9-20/h2,4,10,17H,1,3,5-9H2,(H,18,19). The van der Waals surface area contributed by atoms with Crippen LogP contribution < -0.4 is 10.6 Å². The lowest BCUT2D eigenvalue weighted by atomic mass is 10.2. The largest absolute Gasteiger partial charge is 0.416 e. The molecule has 1 aliphatic heterocycles. The molecule has 1 aromatic heterocycles. The monoisotopic (exact) mass is 288 g/mol. The number of hydrogen-bond acceptors (Lipinski definition) is 4. The summed E-state index contributed by atoms with van der Waals surface area (Å²) in [6.45, 7) is 5.64. The first-order valence-corrected chi connectivity index (χ1v) is 6.76. The molecule has 0 spiro atoms. The fourth-order valence-corrected chi connectivity index (χ4v) is 2.16. The van der Waals surface area contributed by atoms with Gasteiger partial charge in [0.05, 0.1) is 5.56 Å². The summed E-state index contributed by atoms with van der Waals surface area (Å²) in [7, 11) is 0. The van der Waals surface area contributed by atoms with E-state index >= 15 is 0 Å². The molecule has 1 saturated heterocycles. The summed E-state index contributed by atoms with van der Waals surface area (Å²) in [5.74, 6) is 0.278. The molecule has 0 aromatic carbocycles. The molecule has 1 aromatic rings. The fraction of sp³-hybridized carbons (Fsp3) is 0.615. The van der Waals surface area contributed by atoms with Gasteiger partial charge in [0.1, 0.15) is 5.82 Å². The minimum atomic E-state index is -4.32. The van der Waals surface area contributed by atoms with Crippen LogP contribution in [0.1, 0.15) is 12.0 Å². The zero-order chi connectivity index (χ0) is 14.4. The lowest BCUT2D eigenvalue weighted by Gasteiger charge is -2.27. The van der Waals surface area contributed by atoms with Gasteiger partial charge in [-0.25, -0.2) is 4.98 Å². The van der Waals surface area contributed by atoms with Crippen molar-refractivity contribution in [2.24, 2.45) is 0 Å². The van der Waals surface area contributed by atoms with Crippen molar-refractivity contribution in [3.8, 4) is 0 Å². The fourth-order valence-electron chi connectivity index (χ4n) is 2.16. The van der Waals surface area contributed by atoms with Crippen molar-refractivity contribution in [1.29, 1.82) is 0 Å². The van der Waals surface area contributed by atoms with Crippen LogP contribution in [0.15, 0.2) is 18.3 Å². The van der Waals surface area contributed by atoms with E-state index in [9.17, 15) is 13.2 Å². The highest BCUT2D eigenvalue weighted by molar-refractivity contribution is 5.38. The molecule has 0 atom stereocenters. The van der Waals surface area contributed by atoms with E-state index in [0.29, 0.717) is 6.54 Å². The second kappa shape index (κ2) is 6.90. The van der Waals surface area contributed by atoms with E-state index in [0.717, 1.165) is 51.3 Å². The van der Waals surface area contributed by atoms with E-state index in [1.54, 1.807) is 0 Å². The maximum Gasteiger partial charge on any atom is 0.416 e. The van der Waals surface area contributed by atoms with Crippen molar-refractivity contribution < 1.29 is 13.2 Å². The molecule has 112 valence electrons. The molecule has 0 amide bonds. The summed E-state index contributed by atoms with van der Waals surface area (Å²) in [6.07, 6.45) is -2.25. The molecular weight excluding hydrogens is 269 g/mol. The number of rotatable bonds is 5. The highest BCUT2D eigenvalue weighted by atomic mass is 19.4. The highest BCUT2D eigenvalue weighted by Gasteiger charge is 2.30. The smallest absolute Gasteiger partial charge is 0.370 e. The van der Waals surface area contributed by atoms with Crippen LogP contribution in [-0.4, -0.2) is 49.2 Å². The normalized spacial score (nSPS) is 17.1. The number of anilines is 1. The van der Waals surface area contributed by atoms with Crippen molar-refractivity contribution in [3.63, 3.8) is 0 Å². The molecule has 4 nitrogen and oxygen atoms in total. The van der Waals surface area contributed by atoms with Crippen LogP contribution in [0, 0.1) is 0 Å². The third kappa shape index (κ3) is 4.64. The predicted molar refractivity (Wildman–Crippen MR) is 71.7 cm³/mol. The molecule has 0 bridgehead atoms. The molecule has 7 heteroatoms. The van der Waals surface area contributed by atoms with Gasteiger partial charge in [-0.2, -0.15) is 13.2 Å². The Hall–Kier alpha value is -1.34. The molecule has 2 rings (SSSR count). The van der Waals surface area contributed by atoms with E-state index in [4.69, 9.17) is 0 Å². The van der Waals surface area contributed by atoms with Crippen LogP contribution in [0.4, 0.5) is 19.0 Å². The van der Waals surface area contributed by atoms with Crippen LogP contribution in [0.5, 0.6) is 0 Å². The second-order valence-corrected chi connectivity index (χ2v) is 4.80. The van der Waals surface area contributed by atoms with E-state index < -0.39 is 11.7 Å². The summed E-state index contributed by atoms with van der Waals surface area (Å²) in [5, 5.41) is 6.22. The van der Waals surface area contributed by atoms with Crippen LogP contribution in [0.25, 0.3) is 0 Å². The maximum absolute atomic E-state index is 12.5. The maximum atomic E-state index is 12.5. The number of nitrogens with zero attached hydrogens (tertiary/aromatic N) is 2. The molecule has 2 heterocycles. The minimum Gasteiger partial charge on any atom is -0.370 e. The third-order valence-electron chi connectivity index (χ3n) is 3.25. The Labute approximate surface area is 116 Å². The molecule has 0 saturated carbocycles. The van der Waals surface area contributed by atoms with Crippen LogP contribution in [0.2, 0.25) is 0 Å². The van der Waals surface area contributed by atoms with Crippen molar-refractivity contribution in [2.75, 3.05) is 44.6 Å². The first-order valence-electron chi connectivity index (χ1n) is 6.76. The summed E-state index contributed by atoms with van der Waals surface area (Å²) in [6, 6.07) is 2.02. The van der Waals surface area contributed by atoms with Gasteiger partial charge in [-0.15, -0.1) is 0 Å². The van der Waals surface area contributed by atoms with Gasteiger partial charge >= 0.3 is 6.18 Å². The summed E-state index contributed by atoms with van der Waals surface area (Å²) >= 11 is 0. The zero-order valence-corrected chi connectivity index (χ0v) is 11.2. The van der Waals surface area contributed by atoms with Gasteiger partial charge in [0.2, 0.25) is 0 Å². The van der Waals surface area contributed by atoms with Gasteiger partial charge in [-0.3, -0.25) is 0 Å². The highest BCUT2D eigenvalue weighted by Crippen LogP contribution is 2.29. The number of alkyl halides is 3. The van der Waals surface area contributed by atoms with Crippen LogP contribution >= 0.6 is 0 Å². The number of halogens is 3. The second-order valence-electron chi connectivity index (χ2n) is 4.80. The molecule has 20 heavy (non-hydrogen) atoms. The van der Waals surface area contributed by atoms with Crippen LogP contribution in [0.3, 0.4) is 0 Å². The lowest BCUT2D eigenvalue weighted by Crippen LogP contribution is -2.44. The first-order chi connectivity index (χ1) is 9.55. The van der Waals surface area contributed by atoms with Gasteiger partial charge in [0, 0.05) is 38.9 Å². The third-order valence-corrected chi connectivity index (χ3v) is 3.25. The quantitative estimate of drug-likeness (QED) is 0.811. The molecule has 1 fully saturated rings. The van der Waals surface area contributed by atoms with E-state index in [1.165, 1.54) is 6.20 Å². The zero-order valence-electron chi connectivity index (χ0n) is 11.2. The minimum absolute atomic E-state index is 0.278. The molecule has 1 aliphatic rings. The molecule has 0 aliphatic carbocycles. The van der Waals surface area contributed by atoms with Crippen molar-refractivity contribution in [1.82, 2.24) is 15.2 Å². The number of nitrogens with one attached hydrogen (secondary N) is 2. The molecule has 0 unspecified atom stereocenters. The predicted octanol–water partition coefficient (Wildman–Crippen LogP) is 1.81. The van der Waals surface area contributed by atoms with Crippen molar-refractivity contribution >= 4 is 5.82 Å². The van der Waals surface area contributed by atoms with E-state index in [1.807, 2.05) is 0 Å². The number of piperazine rings is 1. The molecule has 2 N–H and O–H groups in total. The van der Waals surface area contributed by atoms with Crippen LogP contribution in [-0.2, 0) is 6.18 Å². The van der Waals surface area contributed by atoms with Gasteiger partial charge in [0.25, 0.3) is 0 Å². The Morgan fingerprint density at radius 3 is 2.75 bits per heavy atom.